The molecule has 3 nitrogen and oxygen atoms in total. The Labute approximate surface area is 142 Å². The zero-order chi connectivity index (χ0) is 16.8. The number of carboxylic acid groups (broad SMARTS) is 1. The molecule has 0 aromatic heterocycles. The fourth-order valence-electron chi connectivity index (χ4n) is 2.37. The van der Waals surface area contributed by atoms with Gasteiger partial charge >= 0.3 is 5.97 Å². The third-order valence-electron chi connectivity index (χ3n) is 3.55. The smallest absolute Gasteiger partial charge is 0.307 e. The van der Waals surface area contributed by atoms with Gasteiger partial charge in [0, 0.05) is 17.3 Å². The Bertz CT molecular complexity index is 701. The highest BCUT2D eigenvalue weighted by Gasteiger charge is 2.22. The molecule has 0 spiro atoms. The van der Waals surface area contributed by atoms with Gasteiger partial charge in [-0.3, -0.25) is 9.59 Å². The van der Waals surface area contributed by atoms with Crippen LogP contribution in [-0.2, 0) is 22.4 Å². The number of halogens is 2. The Morgan fingerprint density at radius 2 is 1.83 bits per heavy atom. The molecule has 5 heteroatoms. The van der Waals surface area contributed by atoms with Crippen molar-refractivity contribution < 1.29 is 19.1 Å². The van der Waals surface area contributed by atoms with Gasteiger partial charge in [0.25, 0.3) is 0 Å². The van der Waals surface area contributed by atoms with Crippen molar-refractivity contribution in [2.45, 2.75) is 19.3 Å². The van der Waals surface area contributed by atoms with Gasteiger partial charge < -0.3 is 5.11 Å². The highest BCUT2D eigenvalue weighted by molar-refractivity contribution is 9.10. The quantitative estimate of drug-likeness (QED) is 0.790. The summed E-state index contributed by atoms with van der Waals surface area (Å²) in [5.41, 5.74) is 1.14. The molecule has 2 rings (SSSR count). The number of hydrogen-bond acceptors (Lipinski definition) is 2. The third kappa shape index (κ3) is 5.28. The summed E-state index contributed by atoms with van der Waals surface area (Å²) in [7, 11) is 0. The van der Waals surface area contributed by atoms with E-state index >= 15 is 0 Å². The van der Waals surface area contributed by atoms with E-state index in [-0.39, 0.29) is 30.6 Å². The molecule has 0 amide bonds. The summed E-state index contributed by atoms with van der Waals surface area (Å²) in [4.78, 5) is 23.5. The molecule has 0 saturated heterocycles. The number of aliphatic carboxylic acids is 1. The lowest BCUT2D eigenvalue weighted by Crippen LogP contribution is -2.21. The van der Waals surface area contributed by atoms with Crippen molar-refractivity contribution in [3.05, 3.63) is 69.9 Å². The van der Waals surface area contributed by atoms with Crippen LogP contribution < -0.4 is 0 Å². The van der Waals surface area contributed by atoms with Gasteiger partial charge in [-0.1, -0.05) is 52.3 Å². The van der Waals surface area contributed by atoms with E-state index < -0.39 is 17.7 Å². The van der Waals surface area contributed by atoms with Crippen LogP contribution in [0.5, 0.6) is 0 Å². The molecular formula is C18H16BrFO3. The van der Waals surface area contributed by atoms with Crippen LogP contribution in [-0.4, -0.2) is 16.9 Å². The van der Waals surface area contributed by atoms with Crippen molar-refractivity contribution in [2.75, 3.05) is 0 Å². The molecule has 0 fully saturated rings. The number of rotatable bonds is 7. The maximum Gasteiger partial charge on any atom is 0.307 e. The largest absolute Gasteiger partial charge is 0.481 e. The Kier molecular flexibility index (Phi) is 6.04. The Morgan fingerprint density at radius 1 is 1.13 bits per heavy atom. The summed E-state index contributed by atoms with van der Waals surface area (Å²) < 4.78 is 14.4. The number of carbonyl (C=O) groups excluding carboxylic acids is 1. The number of carbonyl (C=O) groups is 2. The highest BCUT2D eigenvalue weighted by Crippen LogP contribution is 2.18. The number of Topliss-reactive ketones (excluding diaryl/α,β-unsaturated/α-hetero) is 1. The summed E-state index contributed by atoms with van der Waals surface area (Å²) in [5.74, 6) is -2.57. The van der Waals surface area contributed by atoms with E-state index in [1.165, 1.54) is 12.1 Å². The normalized spacial score (nSPS) is 11.9. The van der Waals surface area contributed by atoms with Gasteiger partial charge in [0.2, 0.25) is 0 Å². The molecule has 0 unspecified atom stereocenters. The summed E-state index contributed by atoms with van der Waals surface area (Å²) in [6, 6.07) is 13.6. The average molecular weight is 379 g/mol. The highest BCUT2D eigenvalue weighted by atomic mass is 79.9. The van der Waals surface area contributed by atoms with Gasteiger partial charge in [-0.25, -0.2) is 4.39 Å². The minimum Gasteiger partial charge on any atom is -0.481 e. The van der Waals surface area contributed by atoms with E-state index in [0.29, 0.717) is 4.47 Å². The van der Waals surface area contributed by atoms with Gasteiger partial charge in [-0.2, -0.15) is 0 Å². The number of benzene rings is 2. The third-order valence-corrected chi connectivity index (χ3v) is 4.04. The minimum absolute atomic E-state index is 0.0995. The molecule has 0 bridgehead atoms. The number of ketones is 1. The molecule has 0 heterocycles. The fraction of sp³-hybridized carbons (Fsp3) is 0.222. The van der Waals surface area contributed by atoms with E-state index in [1.807, 2.05) is 30.3 Å². The molecule has 2 aromatic rings. The van der Waals surface area contributed by atoms with Crippen LogP contribution in [0.3, 0.4) is 0 Å². The predicted molar refractivity (Wildman–Crippen MR) is 88.7 cm³/mol. The van der Waals surface area contributed by atoms with Gasteiger partial charge in [0.1, 0.15) is 11.6 Å². The zero-order valence-corrected chi connectivity index (χ0v) is 13.9. The second-order valence-electron chi connectivity index (χ2n) is 5.38. The fourth-order valence-corrected chi connectivity index (χ4v) is 2.70. The van der Waals surface area contributed by atoms with Crippen molar-refractivity contribution in [1.29, 1.82) is 0 Å². The maximum atomic E-state index is 13.8. The van der Waals surface area contributed by atoms with E-state index in [1.54, 1.807) is 6.07 Å². The maximum absolute atomic E-state index is 13.8. The van der Waals surface area contributed by atoms with Crippen LogP contribution in [0.15, 0.2) is 53.0 Å². The standard InChI is InChI=1S/C18H16BrFO3/c19-15-7-6-13(17(20)11-15)9-16(21)10-14(18(22)23)8-12-4-2-1-3-5-12/h1-7,11,14H,8-10H2,(H,22,23)/t14-/m1/s1. The molecule has 0 saturated carbocycles. The lowest BCUT2D eigenvalue weighted by molar-refractivity contribution is -0.143. The van der Waals surface area contributed by atoms with E-state index in [9.17, 15) is 19.1 Å². The van der Waals surface area contributed by atoms with Gasteiger partial charge in [0.15, 0.2) is 0 Å². The summed E-state index contributed by atoms with van der Waals surface area (Å²) in [6.45, 7) is 0. The average Bonchev–Trinajstić information content (AvgIpc) is 2.50. The predicted octanol–water partition coefficient (Wildman–Crippen LogP) is 4.03. The van der Waals surface area contributed by atoms with Crippen molar-refractivity contribution in [3.8, 4) is 0 Å². The second kappa shape index (κ2) is 8.02. The summed E-state index contributed by atoms with van der Waals surface area (Å²) in [6.07, 6.45) is 0.0716. The molecule has 23 heavy (non-hydrogen) atoms. The van der Waals surface area contributed by atoms with Crippen molar-refractivity contribution in [3.63, 3.8) is 0 Å². The van der Waals surface area contributed by atoms with E-state index in [4.69, 9.17) is 0 Å². The first kappa shape index (κ1) is 17.3. The monoisotopic (exact) mass is 378 g/mol. The lowest BCUT2D eigenvalue weighted by atomic mass is 9.92. The first-order valence-corrected chi connectivity index (χ1v) is 7.97. The Hall–Kier alpha value is -2.01. The zero-order valence-electron chi connectivity index (χ0n) is 12.3. The van der Waals surface area contributed by atoms with Crippen molar-refractivity contribution in [1.82, 2.24) is 0 Å². The van der Waals surface area contributed by atoms with Crippen LogP contribution in [0.2, 0.25) is 0 Å². The first-order chi connectivity index (χ1) is 11.0. The van der Waals surface area contributed by atoms with E-state index in [0.717, 1.165) is 5.56 Å². The molecule has 0 aliphatic carbocycles. The summed E-state index contributed by atoms with van der Waals surface area (Å²) >= 11 is 3.16. The first-order valence-electron chi connectivity index (χ1n) is 7.18. The molecule has 0 aliphatic heterocycles. The Morgan fingerprint density at radius 3 is 2.43 bits per heavy atom. The van der Waals surface area contributed by atoms with Crippen molar-refractivity contribution in [2.24, 2.45) is 5.92 Å². The van der Waals surface area contributed by atoms with Crippen LogP contribution in [0, 0.1) is 11.7 Å². The van der Waals surface area contributed by atoms with E-state index in [2.05, 4.69) is 15.9 Å². The lowest BCUT2D eigenvalue weighted by Gasteiger charge is -2.12. The van der Waals surface area contributed by atoms with Gasteiger partial charge in [-0.05, 0) is 29.7 Å². The minimum atomic E-state index is -1.02. The van der Waals surface area contributed by atoms with Crippen LogP contribution in [0.25, 0.3) is 0 Å². The van der Waals surface area contributed by atoms with Crippen LogP contribution in [0.1, 0.15) is 17.5 Å². The molecule has 120 valence electrons. The van der Waals surface area contributed by atoms with Gasteiger partial charge in [0.05, 0.1) is 5.92 Å². The molecule has 0 radical (unpaired) electrons. The SMILES string of the molecule is O=C(Cc1ccc(Br)cc1F)C[C@@H](Cc1ccccc1)C(=O)O. The molecule has 1 N–H and O–H groups in total. The molecule has 0 aliphatic rings. The second-order valence-corrected chi connectivity index (χ2v) is 6.30. The topological polar surface area (TPSA) is 54.4 Å². The summed E-state index contributed by atoms with van der Waals surface area (Å²) in [5, 5.41) is 9.31. The Balaban J connectivity index is 2.02. The van der Waals surface area contributed by atoms with Gasteiger partial charge in [-0.15, -0.1) is 0 Å². The molecule has 2 aromatic carbocycles. The molecular weight excluding hydrogens is 363 g/mol. The molecule has 1 atom stereocenters. The van der Waals surface area contributed by atoms with Crippen molar-refractivity contribution >= 4 is 27.7 Å². The van der Waals surface area contributed by atoms with Crippen LogP contribution >= 0.6 is 15.9 Å². The number of hydrogen-bond donors (Lipinski definition) is 1. The van der Waals surface area contributed by atoms with Crippen LogP contribution in [0.4, 0.5) is 4.39 Å². The number of carboxylic acids is 1.